The molecule has 2 amide bonds. The number of nitrogens with zero attached hydrogens (tertiary/aromatic N) is 1. The van der Waals surface area contributed by atoms with Crippen molar-refractivity contribution in [2.24, 2.45) is 11.8 Å². The van der Waals surface area contributed by atoms with Gasteiger partial charge in [-0.05, 0) is 45.6 Å². The third-order valence-electron chi connectivity index (χ3n) is 5.80. The van der Waals surface area contributed by atoms with Crippen molar-refractivity contribution in [3.63, 3.8) is 0 Å². The van der Waals surface area contributed by atoms with Crippen molar-refractivity contribution in [3.05, 3.63) is 0 Å². The third-order valence-corrected chi connectivity index (χ3v) is 5.80. The third kappa shape index (κ3) is 4.85. The summed E-state index contributed by atoms with van der Waals surface area (Å²) in [6.07, 6.45) is 8.52. The second-order valence-electron chi connectivity index (χ2n) is 7.69. The average Bonchev–Trinajstić information content (AvgIpc) is 3.03. The number of halogens is 1. The van der Waals surface area contributed by atoms with Gasteiger partial charge >= 0.3 is 0 Å². The molecule has 2 aliphatic heterocycles. The van der Waals surface area contributed by atoms with E-state index in [1.165, 1.54) is 19.3 Å². The van der Waals surface area contributed by atoms with Crippen LogP contribution in [0.2, 0.25) is 0 Å². The smallest absolute Gasteiger partial charge is 0.225 e. The molecule has 1 saturated carbocycles. The molecule has 0 radical (unpaired) electrons. The maximum Gasteiger partial charge on any atom is 0.225 e. The molecule has 0 bridgehead atoms. The molecule has 0 spiro atoms. The monoisotopic (exact) mass is 357 g/mol. The van der Waals surface area contributed by atoms with Crippen LogP contribution < -0.4 is 10.6 Å². The summed E-state index contributed by atoms with van der Waals surface area (Å²) in [6.45, 7) is 4.58. The summed E-state index contributed by atoms with van der Waals surface area (Å²) in [5.74, 6) is 0.894. The van der Waals surface area contributed by atoms with Gasteiger partial charge in [0.1, 0.15) is 0 Å². The highest BCUT2D eigenvalue weighted by Gasteiger charge is 2.33. The molecule has 1 aliphatic carbocycles. The fourth-order valence-corrected chi connectivity index (χ4v) is 4.38. The zero-order valence-corrected chi connectivity index (χ0v) is 15.6. The van der Waals surface area contributed by atoms with E-state index in [9.17, 15) is 9.59 Å². The lowest BCUT2D eigenvalue weighted by atomic mass is 9.88. The minimum atomic E-state index is 0. The van der Waals surface area contributed by atoms with Crippen molar-refractivity contribution in [3.8, 4) is 0 Å². The number of hydrogen-bond acceptors (Lipinski definition) is 3. The van der Waals surface area contributed by atoms with Gasteiger partial charge in [-0.3, -0.25) is 9.59 Å². The summed E-state index contributed by atoms with van der Waals surface area (Å²) in [6, 6.07) is 0.577. The number of carbonyl (C=O) groups is 2. The second-order valence-corrected chi connectivity index (χ2v) is 7.69. The Morgan fingerprint density at radius 1 is 1.04 bits per heavy atom. The molecular weight excluding hydrogens is 326 g/mol. The predicted octanol–water partition coefficient (Wildman–Crippen LogP) is 2.09. The standard InChI is InChI=1S/C18H31N3O2.ClH/c1-13-11-15(7-9-19-13)17(22)20-16-8-10-21(12-16)18(23)14-5-3-2-4-6-14;/h13-16,19H,2-12H2,1H3,(H,20,22);1H/t13-,15-,16?;/m0./s1. The van der Waals surface area contributed by atoms with Gasteiger partial charge in [0, 0.05) is 37.0 Å². The fraction of sp³-hybridized carbons (Fsp3) is 0.889. The minimum absolute atomic E-state index is 0. The summed E-state index contributed by atoms with van der Waals surface area (Å²) in [7, 11) is 0. The first-order chi connectivity index (χ1) is 11.1. The molecule has 138 valence electrons. The van der Waals surface area contributed by atoms with E-state index in [4.69, 9.17) is 0 Å². The highest BCUT2D eigenvalue weighted by Crippen LogP contribution is 2.27. The molecule has 3 aliphatic rings. The normalized spacial score (nSPS) is 31.4. The first-order valence-corrected chi connectivity index (χ1v) is 9.46. The fourth-order valence-electron chi connectivity index (χ4n) is 4.38. The lowest BCUT2D eigenvalue weighted by molar-refractivity contribution is -0.136. The SMILES string of the molecule is C[C@H]1C[C@@H](C(=O)NC2CCN(C(=O)C3CCCCC3)C2)CCN1.Cl. The Morgan fingerprint density at radius 2 is 1.79 bits per heavy atom. The first kappa shape index (κ1) is 19.5. The van der Waals surface area contributed by atoms with Crippen LogP contribution in [0.5, 0.6) is 0 Å². The molecule has 0 aromatic heterocycles. The Bertz CT molecular complexity index is 440. The average molecular weight is 358 g/mol. The maximum atomic E-state index is 12.6. The summed E-state index contributed by atoms with van der Waals surface area (Å²) in [5.41, 5.74) is 0. The van der Waals surface area contributed by atoms with Gasteiger partial charge in [0.25, 0.3) is 0 Å². The zero-order chi connectivity index (χ0) is 16.2. The van der Waals surface area contributed by atoms with Crippen molar-refractivity contribution in [2.45, 2.75) is 70.4 Å². The van der Waals surface area contributed by atoms with Crippen LogP contribution in [-0.2, 0) is 9.59 Å². The highest BCUT2D eigenvalue weighted by atomic mass is 35.5. The largest absolute Gasteiger partial charge is 0.351 e. The number of piperidine rings is 1. The number of carbonyl (C=O) groups excluding carboxylic acids is 2. The van der Waals surface area contributed by atoms with Crippen molar-refractivity contribution >= 4 is 24.2 Å². The van der Waals surface area contributed by atoms with E-state index in [0.29, 0.717) is 18.5 Å². The molecule has 0 aromatic rings. The number of likely N-dealkylation sites (tertiary alicyclic amines) is 1. The predicted molar refractivity (Wildman–Crippen MR) is 97.1 cm³/mol. The molecule has 0 aromatic carbocycles. The van der Waals surface area contributed by atoms with Crippen LogP contribution in [0.25, 0.3) is 0 Å². The molecule has 3 atom stereocenters. The topological polar surface area (TPSA) is 61.4 Å². The Labute approximate surface area is 151 Å². The van der Waals surface area contributed by atoms with Crippen molar-refractivity contribution in [2.75, 3.05) is 19.6 Å². The molecule has 2 heterocycles. The van der Waals surface area contributed by atoms with Gasteiger partial charge in [-0.1, -0.05) is 19.3 Å². The van der Waals surface area contributed by atoms with E-state index < -0.39 is 0 Å². The molecule has 6 heteroatoms. The van der Waals surface area contributed by atoms with E-state index in [0.717, 1.165) is 45.2 Å². The number of hydrogen-bond donors (Lipinski definition) is 2. The molecule has 5 nitrogen and oxygen atoms in total. The first-order valence-electron chi connectivity index (χ1n) is 9.46. The Morgan fingerprint density at radius 3 is 2.50 bits per heavy atom. The van der Waals surface area contributed by atoms with Gasteiger partial charge in [-0.2, -0.15) is 0 Å². The van der Waals surface area contributed by atoms with Crippen molar-refractivity contribution in [1.29, 1.82) is 0 Å². The van der Waals surface area contributed by atoms with E-state index in [-0.39, 0.29) is 36.2 Å². The van der Waals surface area contributed by atoms with Gasteiger partial charge < -0.3 is 15.5 Å². The van der Waals surface area contributed by atoms with Crippen LogP contribution in [0, 0.1) is 11.8 Å². The summed E-state index contributed by atoms with van der Waals surface area (Å²) in [5, 5.41) is 6.58. The molecule has 2 N–H and O–H groups in total. The van der Waals surface area contributed by atoms with Gasteiger partial charge in [-0.25, -0.2) is 0 Å². The maximum absolute atomic E-state index is 12.6. The highest BCUT2D eigenvalue weighted by molar-refractivity contribution is 5.85. The van der Waals surface area contributed by atoms with E-state index in [1.54, 1.807) is 0 Å². The summed E-state index contributed by atoms with van der Waals surface area (Å²) < 4.78 is 0. The van der Waals surface area contributed by atoms with Gasteiger partial charge in [0.2, 0.25) is 11.8 Å². The van der Waals surface area contributed by atoms with Crippen LogP contribution >= 0.6 is 12.4 Å². The van der Waals surface area contributed by atoms with Gasteiger partial charge in [0.15, 0.2) is 0 Å². The molecule has 24 heavy (non-hydrogen) atoms. The molecule has 2 saturated heterocycles. The van der Waals surface area contributed by atoms with Crippen molar-refractivity contribution < 1.29 is 9.59 Å². The quantitative estimate of drug-likeness (QED) is 0.813. The van der Waals surface area contributed by atoms with Crippen LogP contribution in [-0.4, -0.2) is 48.4 Å². The second kappa shape index (κ2) is 9.04. The lowest BCUT2D eigenvalue weighted by Gasteiger charge is -2.28. The van der Waals surface area contributed by atoms with Crippen LogP contribution in [0.4, 0.5) is 0 Å². The summed E-state index contributed by atoms with van der Waals surface area (Å²) >= 11 is 0. The molecule has 1 unspecified atom stereocenters. The van der Waals surface area contributed by atoms with Crippen molar-refractivity contribution in [1.82, 2.24) is 15.5 Å². The van der Waals surface area contributed by atoms with E-state index in [2.05, 4.69) is 17.6 Å². The zero-order valence-electron chi connectivity index (χ0n) is 14.8. The van der Waals surface area contributed by atoms with Crippen LogP contribution in [0.15, 0.2) is 0 Å². The number of amides is 2. The Kier molecular flexibility index (Phi) is 7.35. The number of nitrogens with one attached hydrogen (secondary N) is 2. The summed E-state index contributed by atoms with van der Waals surface area (Å²) in [4.78, 5) is 27.0. The minimum Gasteiger partial charge on any atom is -0.351 e. The van der Waals surface area contributed by atoms with E-state index in [1.807, 2.05) is 4.90 Å². The Hall–Kier alpha value is -0.810. The Balaban J connectivity index is 0.00000208. The molecule has 3 rings (SSSR count). The van der Waals surface area contributed by atoms with Crippen LogP contribution in [0.1, 0.15) is 58.3 Å². The molecule has 3 fully saturated rings. The van der Waals surface area contributed by atoms with Crippen LogP contribution in [0.3, 0.4) is 0 Å². The number of rotatable bonds is 3. The van der Waals surface area contributed by atoms with Gasteiger partial charge in [-0.15, -0.1) is 12.4 Å². The molecular formula is C18H32ClN3O2. The van der Waals surface area contributed by atoms with Gasteiger partial charge in [0.05, 0.1) is 0 Å². The van der Waals surface area contributed by atoms with E-state index >= 15 is 0 Å². The lowest BCUT2D eigenvalue weighted by Crippen LogP contribution is -2.46.